The Hall–Kier alpha value is -3.78. The second kappa shape index (κ2) is 9.84. The lowest BCUT2D eigenvalue weighted by Gasteiger charge is -2.26. The van der Waals surface area contributed by atoms with E-state index in [9.17, 15) is 14.7 Å². The van der Waals surface area contributed by atoms with Gasteiger partial charge in [0.2, 0.25) is 5.75 Å². The molecule has 0 spiro atoms. The number of nitrogens with zero attached hydrogens (tertiary/aromatic N) is 1. The Bertz CT molecular complexity index is 1290. The standard InChI is InChI=1S/C27H27NO6S/c1-15-8-9-16(2)19(11-15)24(29)22-23(17-12-20(32-3)26(34-5)21(13-17)33-4)28(27(31)25(22)30)14-18-7-6-10-35-18/h6-13,23,29H,14H2,1-5H3/b24-22+. The number of hydrogen-bond acceptors (Lipinski definition) is 7. The summed E-state index contributed by atoms with van der Waals surface area (Å²) >= 11 is 1.49. The maximum absolute atomic E-state index is 13.4. The van der Waals surface area contributed by atoms with Gasteiger partial charge in [0.05, 0.1) is 39.5 Å². The highest BCUT2D eigenvalue weighted by Crippen LogP contribution is 2.46. The van der Waals surface area contributed by atoms with E-state index in [1.807, 2.05) is 49.6 Å². The number of benzene rings is 2. The summed E-state index contributed by atoms with van der Waals surface area (Å²) < 4.78 is 16.5. The van der Waals surface area contributed by atoms with Gasteiger partial charge in [-0.2, -0.15) is 0 Å². The molecule has 1 unspecified atom stereocenters. The Morgan fingerprint density at radius 3 is 2.26 bits per heavy atom. The third kappa shape index (κ3) is 4.37. The van der Waals surface area contributed by atoms with Crippen LogP contribution in [0.3, 0.4) is 0 Å². The van der Waals surface area contributed by atoms with E-state index in [-0.39, 0.29) is 17.9 Å². The molecule has 7 nitrogen and oxygen atoms in total. The molecule has 1 fully saturated rings. The predicted molar refractivity (Wildman–Crippen MR) is 134 cm³/mol. The van der Waals surface area contributed by atoms with Gasteiger partial charge in [0.15, 0.2) is 11.5 Å². The van der Waals surface area contributed by atoms with Crippen LogP contribution in [0, 0.1) is 13.8 Å². The summed E-state index contributed by atoms with van der Waals surface area (Å²) in [4.78, 5) is 29.1. The number of ketones is 1. The zero-order valence-corrected chi connectivity index (χ0v) is 21.1. The quantitative estimate of drug-likeness (QED) is 0.283. The number of likely N-dealkylation sites (tertiary alicyclic amines) is 1. The van der Waals surface area contributed by atoms with Gasteiger partial charge in [0.25, 0.3) is 11.7 Å². The van der Waals surface area contributed by atoms with E-state index in [1.54, 1.807) is 12.1 Å². The molecule has 1 atom stereocenters. The summed E-state index contributed by atoms with van der Waals surface area (Å²) in [5.41, 5.74) is 2.81. The smallest absolute Gasteiger partial charge is 0.295 e. The van der Waals surface area contributed by atoms with Crippen LogP contribution in [-0.4, -0.2) is 43.0 Å². The zero-order chi connectivity index (χ0) is 25.3. The van der Waals surface area contributed by atoms with Crippen molar-refractivity contribution in [1.29, 1.82) is 0 Å². The molecule has 0 saturated carbocycles. The number of Topliss-reactive ketones (excluding diaryl/α,β-unsaturated/α-hetero) is 1. The molecule has 0 bridgehead atoms. The van der Waals surface area contributed by atoms with Crippen molar-refractivity contribution >= 4 is 28.8 Å². The molecular formula is C27H27NO6S. The maximum atomic E-state index is 13.4. The number of rotatable bonds is 7. The van der Waals surface area contributed by atoms with Crippen molar-refractivity contribution in [2.45, 2.75) is 26.4 Å². The molecule has 2 aromatic carbocycles. The first kappa shape index (κ1) is 24.3. The molecule has 182 valence electrons. The summed E-state index contributed by atoms with van der Waals surface area (Å²) in [5, 5.41) is 13.4. The molecule has 1 amide bonds. The molecule has 8 heteroatoms. The van der Waals surface area contributed by atoms with Gasteiger partial charge in [-0.05, 0) is 54.6 Å². The van der Waals surface area contributed by atoms with E-state index in [1.165, 1.54) is 37.6 Å². The van der Waals surface area contributed by atoms with Crippen molar-refractivity contribution in [2.24, 2.45) is 0 Å². The second-order valence-electron chi connectivity index (χ2n) is 8.28. The maximum Gasteiger partial charge on any atom is 0.295 e. The number of carbonyl (C=O) groups excluding carboxylic acids is 2. The fourth-order valence-electron chi connectivity index (χ4n) is 4.36. The number of aryl methyl sites for hydroxylation is 2. The fraction of sp³-hybridized carbons (Fsp3) is 0.259. The number of methoxy groups -OCH3 is 3. The van der Waals surface area contributed by atoms with E-state index in [2.05, 4.69) is 0 Å². The summed E-state index contributed by atoms with van der Waals surface area (Å²) in [7, 11) is 4.50. The third-order valence-corrected chi connectivity index (χ3v) is 6.96. The van der Waals surface area contributed by atoms with Crippen LogP contribution >= 0.6 is 11.3 Å². The molecule has 1 aromatic heterocycles. The average Bonchev–Trinajstić information content (AvgIpc) is 3.46. The summed E-state index contributed by atoms with van der Waals surface area (Å²) in [6, 6.07) is 12.0. The molecular weight excluding hydrogens is 466 g/mol. The van der Waals surface area contributed by atoms with Crippen LogP contribution in [0.5, 0.6) is 17.2 Å². The van der Waals surface area contributed by atoms with Crippen molar-refractivity contribution in [3.05, 3.63) is 80.5 Å². The SMILES string of the molecule is COc1cc(C2/C(=C(\O)c3cc(C)ccc3C)C(=O)C(=O)N2Cc2cccs2)cc(OC)c1OC. The van der Waals surface area contributed by atoms with Gasteiger partial charge in [-0.15, -0.1) is 11.3 Å². The van der Waals surface area contributed by atoms with Crippen LogP contribution in [0.25, 0.3) is 5.76 Å². The molecule has 0 aliphatic carbocycles. The number of aliphatic hydroxyl groups excluding tert-OH is 1. The Morgan fingerprint density at radius 1 is 1.00 bits per heavy atom. The van der Waals surface area contributed by atoms with Gasteiger partial charge >= 0.3 is 0 Å². The molecule has 3 aromatic rings. The summed E-state index contributed by atoms with van der Waals surface area (Å²) in [5.74, 6) is -0.464. The Kier molecular flexibility index (Phi) is 6.84. The number of aliphatic hydroxyl groups is 1. The van der Waals surface area contributed by atoms with Gasteiger partial charge < -0.3 is 24.2 Å². The Morgan fingerprint density at radius 2 is 1.69 bits per heavy atom. The normalized spacial score (nSPS) is 17.1. The van der Waals surface area contributed by atoms with Crippen molar-refractivity contribution in [1.82, 2.24) is 4.90 Å². The molecule has 1 aliphatic heterocycles. The Balaban J connectivity index is 1.98. The highest BCUT2D eigenvalue weighted by Gasteiger charge is 2.46. The predicted octanol–water partition coefficient (Wildman–Crippen LogP) is 5.01. The van der Waals surface area contributed by atoms with Crippen molar-refractivity contribution < 1.29 is 28.9 Å². The van der Waals surface area contributed by atoms with Gasteiger partial charge in [0.1, 0.15) is 5.76 Å². The molecule has 1 N–H and O–H groups in total. The number of ether oxygens (including phenoxy) is 3. The number of hydrogen-bond donors (Lipinski definition) is 1. The highest BCUT2D eigenvalue weighted by atomic mass is 32.1. The molecule has 2 heterocycles. The van der Waals surface area contributed by atoms with Gasteiger partial charge in [0, 0.05) is 10.4 Å². The van der Waals surface area contributed by atoms with Crippen molar-refractivity contribution in [3.8, 4) is 17.2 Å². The molecule has 0 radical (unpaired) electrons. The van der Waals surface area contributed by atoms with E-state index in [0.29, 0.717) is 28.4 Å². The van der Waals surface area contributed by atoms with E-state index >= 15 is 0 Å². The summed E-state index contributed by atoms with van der Waals surface area (Å²) in [6.07, 6.45) is 0. The first-order valence-corrected chi connectivity index (χ1v) is 11.9. The van der Waals surface area contributed by atoms with Crippen LogP contribution in [0.1, 0.15) is 33.2 Å². The number of carbonyl (C=O) groups is 2. The second-order valence-corrected chi connectivity index (χ2v) is 9.32. The first-order chi connectivity index (χ1) is 16.8. The number of thiophene rings is 1. The lowest BCUT2D eigenvalue weighted by molar-refractivity contribution is -0.140. The van der Waals surface area contributed by atoms with Crippen molar-refractivity contribution in [3.63, 3.8) is 0 Å². The molecule has 35 heavy (non-hydrogen) atoms. The Labute approximate surface area is 208 Å². The minimum atomic E-state index is -0.856. The minimum Gasteiger partial charge on any atom is -0.507 e. The minimum absolute atomic E-state index is 0.0227. The zero-order valence-electron chi connectivity index (χ0n) is 20.2. The topological polar surface area (TPSA) is 85.3 Å². The summed E-state index contributed by atoms with van der Waals surface area (Å²) in [6.45, 7) is 3.97. The van der Waals surface area contributed by atoms with Gasteiger partial charge in [-0.1, -0.05) is 23.8 Å². The van der Waals surface area contributed by atoms with E-state index < -0.39 is 17.7 Å². The average molecular weight is 494 g/mol. The molecule has 1 aliphatic rings. The molecule has 4 rings (SSSR count). The monoisotopic (exact) mass is 493 g/mol. The van der Waals surface area contributed by atoms with Crippen LogP contribution < -0.4 is 14.2 Å². The van der Waals surface area contributed by atoms with Gasteiger partial charge in [-0.25, -0.2) is 0 Å². The van der Waals surface area contributed by atoms with Gasteiger partial charge in [-0.3, -0.25) is 9.59 Å². The van der Waals surface area contributed by atoms with E-state index in [0.717, 1.165) is 16.0 Å². The fourth-order valence-corrected chi connectivity index (χ4v) is 5.06. The van der Waals surface area contributed by atoms with E-state index in [4.69, 9.17) is 14.2 Å². The first-order valence-electron chi connectivity index (χ1n) is 11.0. The lowest BCUT2D eigenvalue weighted by atomic mass is 9.93. The lowest BCUT2D eigenvalue weighted by Crippen LogP contribution is -2.29. The van der Waals surface area contributed by atoms with Crippen LogP contribution in [0.2, 0.25) is 0 Å². The number of amides is 1. The third-order valence-electron chi connectivity index (χ3n) is 6.10. The van der Waals surface area contributed by atoms with Crippen molar-refractivity contribution in [2.75, 3.05) is 21.3 Å². The highest BCUT2D eigenvalue weighted by molar-refractivity contribution is 7.09. The van der Waals surface area contributed by atoms with Crippen LogP contribution in [0.4, 0.5) is 0 Å². The largest absolute Gasteiger partial charge is 0.507 e. The van der Waals surface area contributed by atoms with Crippen LogP contribution in [-0.2, 0) is 16.1 Å². The van der Waals surface area contributed by atoms with Crippen LogP contribution in [0.15, 0.2) is 53.4 Å². The molecule has 1 saturated heterocycles.